The minimum atomic E-state index is -0.981. The molecule has 2 atom stereocenters. The molecule has 1 aromatic rings. The van der Waals surface area contributed by atoms with Gasteiger partial charge >= 0.3 is 5.97 Å². The monoisotopic (exact) mass is 309 g/mol. The van der Waals surface area contributed by atoms with E-state index in [4.69, 9.17) is 16.3 Å². The van der Waals surface area contributed by atoms with Crippen molar-refractivity contribution in [3.63, 3.8) is 0 Å². The van der Waals surface area contributed by atoms with Crippen LogP contribution in [0.5, 0.6) is 5.75 Å². The van der Waals surface area contributed by atoms with Gasteiger partial charge in [-0.15, -0.1) is 0 Å². The van der Waals surface area contributed by atoms with Gasteiger partial charge < -0.3 is 15.2 Å². The third kappa shape index (κ3) is 3.76. The fourth-order valence-corrected chi connectivity index (χ4v) is 2.57. The molecule has 2 rings (SSSR count). The molecule has 2 unspecified atom stereocenters. The van der Waals surface area contributed by atoms with Gasteiger partial charge in [-0.3, -0.25) is 9.59 Å². The van der Waals surface area contributed by atoms with Gasteiger partial charge in [0.25, 0.3) is 0 Å². The molecule has 112 valence electrons. The molecule has 0 radical (unpaired) electrons. The number of ether oxygens (including phenoxy) is 1. The zero-order chi connectivity index (χ0) is 15.4. The first kappa shape index (κ1) is 15.4. The van der Waals surface area contributed by atoms with Crippen LogP contribution < -0.4 is 10.1 Å². The normalized spacial score (nSPS) is 21.3. The van der Waals surface area contributed by atoms with Gasteiger partial charge in [-0.25, -0.2) is 0 Å². The molecule has 0 saturated heterocycles. The van der Waals surface area contributed by atoms with E-state index in [2.05, 4.69) is 5.32 Å². The topological polar surface area (TPSA) is 75.6 Å². The van der Waals surface area contributed by atoms with Crippen molar-refractivity contribution in [2.75, 3.05) is 12.4 Å². The zero-order valence-corrected chi connectivity index (χ0v) is 12.3. The molecular formula is C15H16ClNO4. The highest BCUT2D eigenvalue weighted by Crippen LogP contribution is 2.32. The number of benzene rings is 1. The first-order valence-corrected chi connectivity index (χ1v) is 6.91. The van der Waals surface area contributed by atoms with Crippen LogP contribution in [0.3, 0.4) is 0 Å². The lowest BCUT2D eigenvalue weighted by Crippen LogP contribution is -2.35. The number of carbonyl (C=O) groups excluding carboxylic acids is 1. The second-order valence-electron chi connectivity index (χ2n) is 4.86. The third-order valence-corrected chi connectivity index (χ3v) is 3.81. The third-order valence-electron chi connectivity index (χ3n) is 3.51. The minimum absolute atomic E-state index is 0.251. The lowest BCUT2D eigenvalue weighted by Gasteiger charge is -2.25. The second kappa shape index (κ2) is 6.63. The Morgan fingerprint density at radius 1 is 1.29 bits per heavy atom. The van der Waals surface area contributed by atoms with Gasteiger partial charge in [0.1, 0.15) is 5.75 Å². The number of hydrogen-bond donors (Lipinski definition) is 2. The van der Waals surface area contributed by atoms with Crippen molar-refractivity contribution < 1.29 is 19.4 Å². The first-order chi connectivity index (χ1) is 10.0. The molecule has 0 heterocycles. The maximum absolute atomic E-state index is 12.3. The fourth-order valence-electron chi connectivity index (χ4n) is 2.31. The molecule has 0 saturated carbocycles. The predicted molar refractivity (Wildman–Crippen MR) is 79.4 cm³/mol. The number of anilines is 1. The number of allylic oxidation sites excluding steroid dienone is 2. The SMILES string of the molecule is COc1ccc(NC(=O)C2CC(Cl)=CCC2C(=O)O)cc1. The molecule has 0 bridgehead atoms. The van der Waals surface area contributed by atoms with Gasteiger partial charge in [0.2, 0.25) is 5.91 Å². The van der Waals surface area contributed by atoms with E-state index in [1.54, 1.807) is 37.5 Å². The molecule has 5 nitrogen and oxygen atoms in total. The van der Waals surface area contributed by atoms with E-state index in [-0.39, 0.29) is 18.7 Å². The number of nitrogens with one attached hydrogen (secondary N) is 1. The van der Waals surface area contributed by atoms with Crippen molar-refractivity contribution in [2.45, 2.75) is 12.8 Å². The van der Waals surface area contributed by atoms with E-state index < -0.39 is 17.8 Å². The summed E-state index contributed by atoms with van der Waals surface area (Å²) < 4.78 is 5.04. The summed E-state index contributed by atoms with van der Waals surface area (Å²) in [6, 6.07) is 6.84. The second-order valence-corrected chi connectivity index (χ2v) is 5.35. The number of halogens is 1. The van der Waals surface area contributed by atoms with Crippen LogP contribution in [0.2, 0.25) is 0 Å². The standard InChI is InChI=1S/C15H16ClNO4/c1-21-11-5-3-10(4-6-11)17-14(18)13-8-9(16)2-7-12(13)15(19)20/h2-6,12-13H,7-8H2,1H3,(H,17,18)(H,19,20). The number of aliphatic carboxylic acids is 1. The number of carboxylic acids is 1. The highest BCUT2D eigenvalue weighted by atomic mass is 35.5. The van der Waals surface area contributed by atoms with Gasteiger partial charge in [0, 0.05) is 10.7 Å². The summed E-state index contributed by atoms with van der Waals surface area (Å²) in [5, 5.41) is 12.5. The fraction of sp³-hybridized carbons (Fsp3) is 0.333. The van der Waals surface area contributed by atoms with Crippen molar-refractivity contribution in [2.24, 2.45) is 11.8 Å². The maximum atomic E-state index is 12.3. The Kier molecular flexibility index (Phi) is 4.85. The number of methoxy groups -OCH3 is 1. The van der Waals surface area contributed by atoms with Crippen molar-refractivity contribution >= 4 is 29.2 Å². The lowest BCUT2D eigenvalue weighted by molar-refractivity contribution is -0.146. The summed E-state index contributed by atoms with van der Waals surface area (Å²) in [4.78, 5) is 23.5. The Morgan fingerprint density at radius 3 is 2.52 bits per heavy atom. The summed E-state index contributed by atoms with van der Waals surface area (Å²) >= 11 is 5.94. The highest BCUT2D eigenvalue weighted by Gasteiger charge is 2.36. The van der Waals surface area contributed by atoms with Crippen LogP contribution in [-0.4, -0.2) is 24.1 Å². The summed E-state index contributed by atoms with van der Waals surface area (Å²) in [6.07, 6.45) is 2.19. The lowest BCUT2D eigenvalue weighted by atomic mass is 9.82. The van der Waals surface area contributed by atoms with E-state index in [1.165, 1.54) is 0 Å². The summed E-state index contributed by atoms with van der Waals surface area (Å²) in [6.45, 7) is 0. The summed E-state index contributed by atoms with van der Waals surface area (Å²) in [7, 11) is 1.56. The van der Waals surface area contributed by atoms with Crippen molar-refractivity contribution in [3.05, 3.63) is 35.4 Å². The highest BCUT2D eigenvalue weighted by molar-refractivity contribution is 6.29. The Bertz CT molecular complexity index is 568. The van der Waals surface area contributed by atoms with Crippen LogP contribution >= 0.6 is 11.6 Å². The molecule has 1 aliphatic carbocycles. The Labute approximate surface area is 127 Å². The van der Waals surface area contributed by atoms with Crippen molar-refractivity contribution in [1.82, 2.24) is 0 Å². The number of amides is 1. The van der Waals surface area contributed by atoms with Crippen LogP contribution in [0.1, 0.15) is 12.8 Å². The number of carboxylic acid groups (broad SMARTS) is 1. The predicted octanol–water partition coefficient (Wildman–Crippen LogP) is 2.87. The minimum Gasteiger partial charge on any atom is -0.497 e. The molecular weight excluding hydrogens is 294 g/mol. The summed E-state index contributed by atoms with van der Waals surface area (Å²) in [5.41, 5.74) is 0.593. The first-order valence-electron chi connectivity index (χ1n) is 6.53. The Hall–Kier alpha value is -2.01. The van der Waals surface area contributed by atoms with E-state index in [9.17, 15) is 14.7 Å². The molecule has 2 N–H and O–H groups in total. The van der Waals surface area contributed by atoms with Gasteiger partial charge in [-0.2, -0.15) is 0 Å². The molecule has 0 aliphatic heterocycles. The zero-order valence-electron chi connectivity index (χ0n) is 11.5. The van der Waals surface area contributed by atoms with Crippen LogP contribution in [-0.2, 0) is 9.59 Å². The van der Waals surface area contributed by atoms with Gasteiger partial charge in [-0.05, 0) is 37.1 Å². The van der Waals surface area contributed by atoms with Gasteiger partial charge in [0.15, 0.2) is 0 Å². The Balaban J connectivity index is 2.10. The average molecular weight is 310 g/mol. The molecule has 21 heavy (non-hydrogen) atoms. The maximum Gasteiger partial charge on any atom is 0.307 e. The van der Waals surface area contributed by atoms with Crippen LogP contribution in [0.25, 0.3) is 0 Å². The quantitative estimate of drug-likeness (QED) is 0.896. The van der Waals surface area contributed by atoms with Gasteiger partial charge in [0.05, 0.1) is 18.9 Å². The molecule has 1 aromatic carbocycles. The van der Waals surface area contributed by atoms with Crippen molar-refractivity contribution in [3.8, 4) is 5.75 Å². The van der Waals surface area contributed by atoms with Crippen molar-refractivity contribution in [1.29, 1.82) is 0 Å². The molecule has 1 amide bonds. The van der Waals surface area contributed by atoms with Crippen LogP contribution in [0.15, 0.2) is 35.4 Å². The van der Waals surface area contributed by atoms with E-state index in [1.807, 2.05) is 0 Å². The average Bonchev–Trinajstić information content (AvgIpc) is 2.47. The number of rotatable bonds is 4. The molecule has 0 fully saturated rings. The van der Waals surface area contributed by atoms with E-state index in [0.29, 0.717) is 16.5 Å². The smallest absolute Gasteiger partial charge is 0.307 e. The van der Waals surface area contributed by atoms with Crippen LogP contribution in [0.4, 0.5) is 5.69 Å². The summed E-state index contributed by atoms with van der Waals surface area (Å²) in [5.74, 6) is -2.04. The van der Waals surface area contributed by atoms with Crippen LogP contribution in [0, 0.1) is 11.8 Å². The number of carbonyl (C=O) groups is 2. The van der Waals surface area contributed by atoms with E-state index >= 15 is 0 Å². The molecule has 0 aromatic heterocycles. The Morgan fingerprint density at radius 2 is 1.95 bits per heavy atom. The number of hydrogen-bond acceptors (Lipinski definition) is 3. The van der Waals surface area contributed by atoms with Gasteiger partial charge in [-0.1, -0.05) is 17.7 Å². The molecule has 0 spiro atoms. The largest absolute Gasteiger partial charge is 0.497 e. The molecule has 1 aliphatic rings. The molecule has 6 heteroatoms. The van der Waals surface area contributed by atoms with E-state index in [0.717, 1.165) is 0 Å².